The minimum absolute atomic E-state index is 0.0281. The molecule has 0 radical (unpaired) electrons. The number of carboxylic acids is 1. The van der Waals surface area contributed by atoms with E-state index < -0.39 is 12.0 Å². The van der Waals surface area contributed by atoms with Crippen LogP contribution in [-0.2, 0) is 4.79 Å². The third-order valence-corrected chi connectivity index (χ3v) is 3.98. The zero-order valence-corrected chi connectivity index (χ0v) is 12.7. The van der Waals surface area contributed by atoms with Gasteiger partial charge in [0.25, 0.3) is 0 Å². The van der Waals surface area contributed by atoms with E-state index in [0.717, 1.165) is 25.7 Å². The molecular weight excluding hydrogens is 272 g/mol. The number of hydrogen-bond donors (Lipinski definition) is 2. The summed E-state index contributed by atoms with van der Waals surface area (Å²) in [6.45, 7) is 5.77. The lowest BCUT2D eigenvalue weighted by Crippen LogP contribution is -2.39. The van der Waals surface area contributed by atoms with E-state index >= 15 is 0 Å². The van der Waals surface area contributed by atoms with Crippen LogP contribution in [0.3, 0.4) is 0 Å². The molecule has 1 amide bonds. The third-order valence-electron chi connectivity index (χ3n) is 3.98. The van der Waals surface area contributed by atoms with Crippen LogP contribution in [0.25, 0.3) is 0 Å². The van der Waals surface area contributed by atoms with Crippen molar-refractivity contribution < 1.29 is 14.7 Å². The number of nitrogens with one attached hydrogen (secondary N) is 1. The maximum atomic E-state index is 12.3. The fourth-order valence-electron chi connectivity index (χ4n) is 2.40. The Balaban J connectivity index is 2.21. The van der Waals surface area contributed by atoms with Crippen LogP contribution >= 0.6 is 0 Å². The van der Waals surface area contributed by atoms with Gasteiger partial charge in [-0.15, -0.1) is 5.10 Å². The molecule has 1 saturated carbocycles. The molecule has 1 heterocycles. The summed E-state index contributed by atoms with van der Waals surface area (Å²) in [5.74, 6) is -1.07. The molecule has 1 aromatic rings. The van der Waals surface area contributed by atoms with Crippen molar-refractivity contribution in [3.05, 3.63) is 11.4 Å². The molecule has 21 heavy (non-hydrogen) atoms. The van der Waals surface area contributed by atoms with Crippen molar-refractivity contribution in [2.45, 2.75) is 64.5 Å². The molecule has 116 valence electrons. The summed E-state index contributed by atoms with van der Waals surface area (Å²) in [7, 11) is 0. The van der Waals surface area contributed by atoms with E-state index in [0.29, 0.717) is 5.69 Å². The van der Waals surface area contributed by atoms with Crippen LogP contribution in [0.5, 0.6) is 0 Å². The molecule has 1 fully saturated rings. The van der Waals surface area contributed by atoms with Crippen LogP contribution in [0, 0.1) is 0 Å². The van der Waals surface area contributed by atoms with Gasteiger partial charge in [0, 0.05) is 12.0 Å². The molecule has 2 rings (SSSR count). The lowest BCUT2D eigenvalue weighted by molar-refractivity contribution is -0.125. The first-order valence-corrected chi connectivity index (χ1v) is 7.48. The molecule has 1 atom stereocenters. The van der Waals surface area contributed by atoms with Gasteiger partial charge in [-0.1, -0.05) is 19.1 Å². The Kier molecular flexibility index (Phi) is 4.59. The highest BCUT2D eigenvalue weighted by Gasteiger charge is 2.36. The number of hydrogen-bond acceptors (Lipinski definition) is 4. The van der Waals surface area contributed by atoms with Gasteiger partial charge in [-0.05, 0) is 32.6 Å². The van der Waals surface area contributed by atoms with Crippen LogP contribution in [0.2, 0.25) is 0 Å². The summed E-state index contributed by atoms with van der Waals surface area (Å²) in [6.07, 6.45) is 3.58. The second kappa shape index (κ2) is 6.24. The van der Waals surface area contributed by atoms with E-state index in [2.05, 4.69) is 15.6 Å². The van der Waals surface area contributed by atoms with Crippen LogP contribution in [0.15, 0.2) is 0 Å². The van der Waals surface area contributed by atoms with Crippen molar-refractivity contribution in [2.24, 2.45) is 0 Å². The standard InChI is InChI=1S/C14H22N4O3/c1-4-10(5-2)15-13(19)8(3)18-12(9-6-7-9)11(14(20)21)16-17-18/h8-10H,4-7H2,1-3H3,(H,15,19)(H,20,21). The fourth-order valence-corrected chi connectivity index (χ4v) is 2.40. The Bertz CT molecular complexity index is 532. The van der Waals surface area contributed by atoms with Crippen molar-refractivity contribution in [2.75, 3.05) is 0 Å². The van der Waals surface area contributed by atoms with Crippen molar-refractivity contribution >= 4 is 11.9 Å². The predicted molar refractivity (Wildman–Crippen MR) is 76.2 cm³/mol. The zero-order valence-electron chi connectivity index (χ0n) is 12.7. The molecular formula is C14H22N4O3. The number of nitrogens with zero attached hydrogens (tertiary/aromatic N) is 3. The number of carbonyl (C=O) groups is 2. The summed E-state index contributed by atoms with van der Waals surface area (Å²) < 4.78 is 1.47. The highest BCUT2D eigenvalue weighted by molar-refractivity contribution is 5.87. The van der Waals surface area contributed by atoms with E-state index in [9.17, 15) is 14.7 Å². The summed E-state index contributed by atoms with van der Waals surface area (Å²) in [4.78, 5) is 23.5. The number of aromatic carboxylic acids is 1. The van der Waals surface area contributed by atoms with E-state index in [1.54, 1.807) is 6.92 Å². The fraction of sp³-hybridized carbons (Fsp3) is 0.714. The lowest BCUT2D eigenvalue weighted by Gasteiger charge is -2.19. The second-order valence-electron chi connectivity index (χ2n) is 5.55. The molecule has 0 aliphatic heterocycles. The number of rotatable bonds is 7. The molecule has 1 unspecified atom stereocenters. The van der Waals surface area contributed by atoms with E-state index in [-0.39, 0.29) is 23.6 Å². The molecule has 7 nitrogen and oxygen atoms in total. The second-order valence-corrected chi connectivity index (χ2v) is 5.55. The van der Waals surface area contributed by atoms with Gasteiger partial charge >= 0.3 is 5.97 Å². The number of aromatic nitrogens is 3. The molecule has 1 aliphatic carbocycles. The molecule has 7 heteroatoms. The lowest BCUT2D eigenvalue weighted by atomic mass is 10.1. The summed E-state index contributed by atoms with van der Waals surface area (Å²) in [6, 6.07) is -0.423. The highest BCUT2D eigenvalue weighted by atomic mass is 16.4. The normalized spacial score (nSPS) is 16.0. The first kappa shape index (κ1) is 15.5. The van der Waals surface area contributed by atoms with Gasteiger partial charge in [0.05, 0.1) is 5.69 Å². The van der Waals surface area contributed by atoms with Gasteiger partial charge < -0.3 is 10.4 Å². The van der Waals surface area contributed by atoms with Crippen LogP contribution in [-0.4, -0.2) is 38.0 Å². The quantitative estimate of drug-likeness (QED) is 0.798. The van der Waals surface area contributed by atoms with Crippen LogP contribution in [0.1, 0.15) is 74.6 Å². The van der Waals surface area contributed by atoms with E-state index in [1.165, 1.54) is 4.68 Å². The van der Waals surface area contributed by atoms with Crippen LogP contribution in [0.4, 0.5) is 0 Å². The largest absolute Gasteiger partial charge is 0.476 e. The van der Waals surface area contributed by atoms with E-state index in [4.69, 9.17) is 0 Å². The maximum absolute atomic E-state index is 12.3. The monoisotopic (exact) mass is 294 g/mol. The molecule has 2 N–H and O–H groups in total. The molecule has 0 bridgehead atoms. The van der Waals surface area contributed by atoms with Gasteiger partial charge in [0.15, 0.2) is 5.69 Å². The molecule has 1 aromatic heterocycles. The van der Waals surface area contributed by atoms with Crippen molar-refractivity contribution in [3.63, 3.8) is 0 Å². The first-order valence-electron chi connectivity index (χ1n) is 7.48. The number of carbonyl (C=O) groups excluding carboxylic acids is 1. The van der Waals surface area contributed by atoms with E-state index in [1.807, 2.05) is 13.8 Å². The highest BCUT2D eigenvalue weighted by Crippen LogP contribution is 2.41. The van der Waals surface area contributed by atoms with Crippen molar-refractivity contribution in [1.82, 2.24) is 20.3 Å². The Labute approximate surface area is 123 Å². The molecule has 0 aromatic carbocycles. The molecule has 0 saturated heterocycles. The minimum Gasteiger partial charge on any atom is -0.476 e. The summed E-state index contributed by atoms with van der Waals surface area (Å²) in [5, 5.41) is 19.8. The van der Waals surface area contributed by atoms with Crippen molar-refractivity contribution in [3.8, 4) is 0 Å². The zero-order chi connectivity index (χ0) is 15.6. The molecule has 1 aliphatic rings. The van der Waals surface area contributed by atoms with Gasteiger partial charge in [-0.2, -0.15) is 0 Å². The number of carboxylic acid groups (broad SMARTS) is 1. The SMILES string of the molecule is CCC(CC)NC(=O)C(C)n1nnc(C(=O)O)c1C1CC1. The summed E-state index contributed by atoms with van der Waals surface area (Å²) in [5.41, 5.74) is 0.550. The van der Waals surface area contributed by atoms with Gasteiger partial charge in [0.2, 0.25) is 5.91 Å². The minimum atomic E-state index is -1.09. The van der Waals surface area contributed by atoms with Gasteiger partial charge in [0.1, 0.15) is 6.04 Å². The Hall–Kier alpha value is -1.92. The predicted octanol–water partition coefficient (Wildman–Crippen LogP) is 1.72. The maximum Gasteiger partial charge on any atom is 0.358 e. The average molecular weight is 294 g/mol. The summed E-state index contributed by atoms with van der Waals surface area (Å²) >= 11 is 0. The van der Waals surface area contributed by atoms with Crippen LogP contribution < -0.4 is 5.32 Å². The Morgan fingerprint density at radius 2 is 2.00 bits per heavy atom. The van der Waals surface area contributed by atoms with Crippen molar-refractivity contribution in [1.29, 1.82) is 0 Å². The average Bonchev–Trinajstić information content (AvgIpc) is 3.21. The topological polar surface area (TPSA) is 97.1 Å². The Morgan fingerprint density at radius 1 is 1.38 bits per heavy atom. The van der Waals surface area contributed by atoms with Gasteiger partial charge in [-0.25, -0.2) is 9.48 Å². The third kappa shape index (κ3) is 3.22. The molecule has 0 spiro atoms. The smallest absolute Gasteiger partial charge is 0.358 e. The van der Waals surface area contributed by atoms with Gasteiger partial charge in [-0.3, -0.25) is 4.79 Å². The first-order chi connectivity index (χ1) is 9.99. The Morgan fingerprint density at radius 3 is 2.48 bits per heavy atom. The number of amides is 1.